The molecule has 170 valence electrons. The Morgan fingerprint density at radius 2 is 1.88 bits per heavy atom. The summed E-state index contributed by atoms with van der Waals surface area (Å²) in [5.74, 6) is -1.49. The Balaban J connectivity index is 2.04. The Kier molecular flexibility index (Phi) is 6.50. The minimum absolute atomic E-state index is 0.233. The number of H-pyrrole nitrogens is 1. The second kappa shape index (κ2) is 8.96. The molecule has 8 nitrogen and oxygen atoms in total. The molecule has 1 atom stereocenters. The van der Waals surface area contributed by atoms with Crippen molar-refractivity contribution in [2.75, 3.05) is 18.4 Å². The second-order valence-electron chi connectivity index (χ2n) is 7.68. The lowest BCUT2D eigenvalue weighted by atomic mass is 10.0. The zero-order valence-electron chi connectivity index (χ0n) is 18.7. The number of fused-ring (bicyclic) bond motifs is 1. The molecule has 0 saturated heterocycles. The van der Waals surface area contributed by atoms with Crippen LogP contribution in [0.1, 0.15) is 53.6 Å². The first-order chi connectivity index (χ1) is 15.1. The average Bonchev–Trinajstić information content (AvgIpc) is 3.18. The molecule has 2 aromatic rings. The lowest BCUT2D eigenvalue weighted by molar-refractivity contribution is -0.110. The SMILES string of the molecule is CCN(CC)C(C)N(C(=O)O)C(=O)c1c(C)[nH]c(/C=C2\C(=O)Nc3ccc(F)cc32)c1C. The molecule has 0 radical (unpaired) electrons. The lowest BCUT2D eigenvalue weighted by Gasteiger charge is -2.33. The van der Waals surface area contributed by atoms with Gasteiger partial charge in [-0.3, -0.25) is 14.5 Å². The standard InChI is InChI=1S/C23H27FN4O4/c1-6-27(7-2)14(5)28(23(31)32)22(30)20-12(3)19(25-13(20)4)11-17-16-10-15(24)8-9-18(16)26-21(17)29/h8-11,14,25H,6-7H2,1-5H3,(H,26,29)(H,31,32)/b17-11-. The third-order valence-electron chi connectivity index (χ3n) is 5.88. The van der Waals surface area contributed by atoms with Gasteiger partial charge in [-0.15, -0.1) is 0 Å². The fourth-order valence-electron chi connectivity index (χ4n) is 4.14. The number of nitrogens with zero attached hydrogens (tertiary/aromatic N) is 2. The van der Waals surface area contributed by atoms with Gasteiger partial charge in [0, 0.05) is 22.6 Å². The molecule has 3 N–H and O–H groups in total. The second-order valence-corrected chi connectivity index (χ2v) is 7.68. The predicted octanol–water partition coefficient (Wildman–Crippen LogP) is 4.07. The molecule has 3 rings (SSSR count). The maximum atomic E-state index is 13.7. The predicted molar refractivity (Wildman–Crippen MR) is 120 cm³/mol. The Hall–Kier alpha value is -3.46. The van der Waals surface area contributed by atoms with E-state index in [0.717, 1.165) is 4.90 Å². The van der Waals surface area contributed by atoms with Crippen LogP contribution in [0.2, 0.25) is 0 Å². The number of rotatable bonds is 6. The van der Waals surface area contributed by atoms with E-state index < -0.39 is 24.0 Å². The lowest BCUT2D eigenvalue weighted by Crippen LogP contribution is -2.51. The molecule has 0 spiro atoms. The number of hydrogen-bond donors (Lipinski definition) is 3. The molecule has 1 unspecified atom stereocenters. The normalized spacial score (nSPS) is 15.1. The molecule has 2 heterocycles. The summed E-state index contributed by atoms with van der Waals surface area (Å²) in [5, 5.41) is 12.5. The summed E-state index contributed by atoms with van der Waals surface area (Å²) < 4.78 is 13.7. The number of anilines is 1. The highest BCUT2D eigenvalue weighted by molar-refractivity contribution is 6.35. The van der Waals surface area contributed by atoms with E-state index in [4.69, 9.17) is 0 Å². The van der Waals surface area contributed by atoms with Crippen LogP contribution in [0.15, 0.2) is 18.2 Å². The van der Waals surface area contributed by atoms with Gasteiger partial charge in [0.1, 0.15) is 5.82 Å². The van der Waals surface area contributed by atoms with Crippen LogP contribution < -0.4 is 5.32 Å². The molecule has 32 heavy (non-hydrogen) atoms. The van der Waals surface area contributed by atoms with E-state index in [9.17, 15) is 23.9 Å². The van der Waals surface area contributed by atoms with Crippen molar-refractivity contribution in [3.8, 4) is 0 Å². The van der Waals surface area contributed by atoms with Crippen LogP contribution in [0.5, 0.6) is 0 Å². The summed E-state index contributed by atoms with van der Waals surface area (Å²) in [6.07, 6.45) is -0.437. The minimum atomic E-state index is -1.34. The van der Waals surface area contributed by atoms with Gasteiger partial charge in [-0.1, -0.05) is 13.8 Å². The Labute approximate surface area is 185 Å². The van der Waals surface area contributed by atoms with Gasteiger partial charge in [-0.2, -0.15) is 0 Å². The van der Waals surface area contributed by atoms with Crippen molar-refractivity contribution in [2.24, 2.45) is 0 Å². The van der Waals surface area contributed by atoms with Crippen molar-refractivity contribution in [1.82, 2.24) is 14.8 Å². The summed E-state index contributed by atoms with van der Waals surface area (Å²) in [7, 11) is 0. The number of aryl methyl sites for hydroxylation is 1. The highest BCUT2D eigenvalue weighted by Crippen LogP contribution is 2.34. The number of imide groups is 1. The first kappa shape index (κ1) is 23.2. The Morgan fingerprint density at radius 1 is 1.22 bits per heavy atom. The number of aromatic amines is 1. The highest BCUT2D eigenvalue weighted by atomic mass is 19.1. The van der Waals surface area contributed by atoms with Crippen molar-refractivity contribution in [3.63, 3.8) is 0 Å². The zero-order valence-corrected chi connectivity index (χ0v) is 18.7. The quantitative estimate of drug-likeness (QED) is 0.462. The number of benzene rings is 1. The molecule has 1 aliphatic rings. The first-order valence-corrected chi connectivity index (χ1v) is 10.4. The molecule has 3 amide bonds. The molecule has 1 aromatic carbocycles. The van der Waals surface area contributed by atoms with Crippen molar-refractivity contribution >= 4 is 35.2 Å². The molecule has 0 bridgehead atoms. The molecule has 0 fully saturated rings. The van der Waals surface area contributed by atoms with Crippen LogP contribution in [-0.4, -0.2) is 57.1 Å². The first-order valence-electron chi connectivity index (χ1n) is 10.4. The maximum absolute atomic E-state index is 13.7. The van der Waals surface area contributed by atoms with E-state index in [1.54, 1.807) is 26.8 Å². The van der Waals surface area contributed by atoms with Crippen LogP contribution in [0.3, 0.4) is 0 Å². The van der Waals surface area contributed by atoms with Gasteiger partial charge < -0.3 is 15.4 Å². The fourth-order valence-corrected chi connectivity index (χ4v) is 4.14. The van der Waals surface area contributed by atoms with Gasteiger partial charge in [0.25, 0.3) is 11.8 Å². The summed E-state index contributed by atoms with van der Waals surface area (Å²) >= 11 is 0. The summed E-state index contributed by atoms with van der Waals surface area (Å²) in [6, 6.07) is 4.03. The van der Waals surface area contributed by atoms with Gasteiger partial charge in [-0.25, -0.2) is 14.1 Å². The number of nitrogens with one attached hydrogen (secondary N) is 2. The minimum Gasteiger partial charge on any atom is -0.465 e. The molecule has 0 saturated carbocycles. The van der Waals surface area contributed by atoms with Gasteiger partial charge >= 0.3 is 6.09 Å². The number of carboxylic acid groups (broad SMARTS) is 1. The molecule has 1 aromatic heterocycles. The maximum Gasteiger partial charge on any atom is 0.415 e. The number of carbonyl (C=O) groups is 3. The van der Waals surface area contributed by atoms with Crippen molar-refractivity contribution in [3.05, 3.63) is 52.1 Å². The number of amides is 3. The number of aromatic nitrogens is 1. The number of hydrogen-bond acceptors (Lipinski definition) is 4. The van der Waals surface area contributed by atoms with E-state index in [-0.39, 0.29) is 17.0 Å². The van der Waals surface area contributed by atoms with Crippen molar-refractivity contribution in [1.29, 1.82) is 0 Å². The van der Waals surface area contributed by atoms with Crippen molar-refractivity contribution < 1.29 is 23.9 Å². The van der Waals surface area contributed by atoms with E-state index >= 15 is 0 Å². The zero-order chi connectivity index (χ0) is 23.7. The molecular formula is C23H27FN4O4. The molecule has 1 aliphatic heterocycles. The van der Waals surface area contributed by atoms with E-state index in [1.165, 1.54) is 18.2 Å². The smallest absolute Gasteiger partial charge is 0.415 e. The van der Waals surface area contributed by atoms with Gasteiger partial charge in [0.15, 0.2) is 0 Å². The van der Waals surface area contributed by atoms with E-state index in [0.29, 0.717) is 41.3 Å². The largest absolute Gasteiger partial charge is 0.465 e. The van der Waals surface area contributed by atoms with Crippen LogP contribution >= 0.6 is 0 Å². The average molecular weight is 442 g/mol. The van der Waals surface area contributed by atoms with Crippen LogP contribution in [0, 0.1) is 19.7 Å². The van der Waals surface area contributed by atoms with Crippen LogP contribution in [-0.2, 0) is 4.79 Å². The van der Waals surface area contributed by atoms with Crippen LogP contribution in [0.25, 0.3) is 11.6 Å². The fraction of sp³-hybridized carbons (Fsp3) is 0.348. The molecule has 0 aliphatic carbocycles. The third kappa shape index (κ3) is 4.03. The third-order valence-corrected chi connectivity index (χ3v) is 5.88. The van der Waals surface area contributed by atoms with Gasteiger partial charge in [0.2, 0.25) is 0 Å². The van der Waals surface area contributed by atoms with Gasteiger partial charge in [-0.05, 0) is 63.7 Å². The topological polar surface area (TPSA) is 106 Å². The van der Waals surface area contributed by atoms with E-state index in [2.05, 4.69) is 10.3 Å². The monoisotopic (exact) mass is 442 g/mol. The molecular weight excluding hydrogens is 415 g/mol. The van der Waals surface area contributed by atoms with Crippen LogP contribution in [0.4, 0.5) is 14.9 Å². The summed E-state index contributed by atoms with van der Waals surface area (Å²) in [5.41, 5.74) is 2.90. The molecule has 9 heteroatoms. The summed E-state index contributed by atoms with van der Waals surface area (Å²) in [4.78, 5) is 43.5. The van der Waals surface area contributed by atoms with E-state index in [1.807, 2.05) is 18.7 Å². The Bertz CT molecular complexity index is 1120. The Morgan fingerprint density at radius 3 is 2.47 bits per heavy atom. The number of carbonyl (C=O) groups excluding carboxylic acids is 2. The summed E-state index contributed by atoms with van der Waals surface area (Å²) in [6.45, 7) is 10.00. The van der Waals surface area contributed by atoms with Gasteiger partial charge in [0.05, 0.1) is 17.3 Å². The number of halogens is 1. The van der Waals surface area contributed by atoms with Crippen molar-refractivity contribution in [2.45, 2.75) is 40.8 Å². The highest BCUT2D eigenvalue weighted by Gasteiger charge is 2.33.